The lowest BCUT2D eigenvalue weighted by Crippen LogP contribution is -2.31. The molecule has 2 aromatic carbocycles. The van der Waals surface area contributed by atoms with Crippen molar-refractivity contribution >= 4 is 44.9 Å². The summed E-state index contributed by atoms with van der Waals surface area (Å²) in [5.41, 5.74) is 10.2. The van der Waals surface area contributed by atoms with Gasteiger partial charge in [-0.15, -0.1) is 0 Å². The van der Waals surface area contributed by atoms with E-state index >= 15 is 0 Å². The van der Waals surface area contributed by atoms with Gasteiger partial charge in [-0.1, -0.05) is 0 Å². The zero-order chi connectivity index (χ0) is 19.1. The van der Waals surface area contributed by atoms with Crippen LogP contribution in [0, 0.1) is 0 Å². The van der Waals surface area contributed by atoms with Crippen LogP contribution in [0.1, 0.15) is 12.0 Å². The van der Waals surface area contributed by atoms with Gasteiger partial charge in [0.25, 0.3) is 0 Å². The van der Waals surface area contributed by atoms with E-state index in [1.165, 1.54) is 6.21 Å². The summed E-state index contributed by atoms with van der Waals surface area (Å²) in [5.74, 6) is 0. The second kappa shape index (κ2) is 6.51. The summed E-state index contributed by atoms with van der Waals surface area (Å²) >= 11 is 0. The Bertz CT molecular complexity index is 1210. The molecule has 0 spiro atoms. The van der Waals surface area contributed by atoms with E-state index in [0.29, 0.717) is 22.0 Å². The Kier molecular flexibility index (Phi) is 4.16. The summed E-state index contributed by atoms with van der Waals surface area (Å²) in [5, 5.41) is 10.3. The maximum Gasteiger partial charge on any atom is 0.200 e. The molecular weight excluding hydrogens is 340 g/mol. The van der Waals surface area contributed by atoms with E-state index in [1.807, 2.05) is 36.7 Å². The molecule has 27 heavy (non-hydrogen) atoms. The maximum absolute atomic E-state index is 13.5. The zero-order valence-electron chi connectivity index (χ0n) is 15.5. The van der Waals surface area contributed by atoms with E-state index in [1.54, 1.807) is 12.4 Å². The quantitative estimate of drug-likeness (QED) is 0.201. The second-order valence-corrected chi connectivity index (χ2v) is 7.01. The van der Waals surface area contributed by atoms with Gasteiger partial charge < -0.3 is 16.0 Å². The van der Waals surface area contributed by atoms with E-state index < -0.39 is 0 Å². The SMILES string of the molecule is CN(C)CCCNc1ccc2ncn3c4ccc(N)c(C=[NH2+])c4c(=O)c1c23. The maximum atomic E-state index is 13.5. The second-order valence-electron chi connectivity index (χ2n) is 7.01. The summed E-state index contributed by atoms with van der Waals surface area (Å²) in [4.78, 5) is 20.1. The van der Waals surface area contributed by atoms with Crippen LogP contribution in [0.5, 0.6) is 0 Å². The van der Waals surface area contributed by atoms with Gasteiger partial charge in [0.05, 0.1) is 32.9 Å². The Balaban J connectivity index is 1.98. The number of rotatable bonds is 6. The van der Waals surface area contributed by atoms with Crippen LogP contribution in [0.2, 0.25) is 0 Å². The predicted molar refractivity (Wildman–Crippen MR) is 111 cm³/mol. The van der Waals surface area contributed by atoms with Crippen LogP contribution in [0.25, 0.3) is 27.3 Å². The van der Waals surface area contributed by atoms with Gasteiger partial charge in [-0.3, -0.25) is 14.6 Å². The average Bonchev–Trinajstić information content (AvgIpc) is 3.07. The van der Waals surface area contributed by atoms with Crippen LogP contribution in [0.4, 0.5) is 11.4 Å². The number of nitrogens with one attached hydrogen (secondary N) is 1. The molecule has 2 heterocycles. The molecule has 0 aliphatic rings. The molecule has 0 atom stereocenters. The first-order valence-corrected chi connectivity index (χ1v) is 8.94. The highest BCUT2D eigenvalue weighted by Gasteiger charge is 2.19. The molecule has 0 radical (unpaired) electrons. The molecule has 0 bridgehead atoms. The summed E-state index contributed by atoms with van der Waals surface area (Å²) in [6, 6.07) is 7.47. The van der Waals surface area contributed by atoms with Gasteiger partial charge in [-0.25, -0.2) is 4.98 Å². The number of benzene rings is 2. The van der Waals surface area contributed by atoms with Crippen LogP contribution in [0.3, 0.4) is 0 Å². The normalized spacial score (nSPS) is 11.8. The third-order valence-electron chi connectivity index (χ3n) is 4.94. The molecule has 0 aliphatic carbocycles. The monoisotopic (exact) mass is 363 g/mol. The third-order valence-corrected chi connectivity index (χ3v) is 4.94. The first-order chi connectivity index (χ1) is 13.0. The third kappa shape index (κ3) is 2.67. The van der Waals surface area contributed by atoms with Crippen molar-refractivity contribution in [2.75, 3.05) is 38.2 Å². The molecule has 0 fully saturated rings. The number of hydrogen-bond donors (Lipinski definition) is 3. The molecular formula is C20H23N6O+. The van der Waals surface area contributed by atoms with E-state index in [2.05, 4.69) is 15.2 Å². The van der Waals surface area contributed by atoms with Crippen LogP contribution in [-0.2, 0) is 0 Å². The Hall–Kier alpha value is -3.19. The van der Waals surface area contributed by atoms with Gasteiger partial charge >= 0.3 is 0 Å². The van der Waals surface area contributed by atoms with Crippen LogP contribution >= 0.6 is 0 Å². The molecule has 0 saturated heterocycles. The van der Waals surface area contributed by atoms with Crippen LogP contribution in [-0.4, -0.2) is 47.7 Å². The first-order valence-electron chi connectivity index (χ1n) is 8.94. The number of aromatic nitrogens is 2. The molecule has 2 aromatic heterocycles. The zero-order valence-corrected chi connectivity index (χ0v) is 15.5. The smallest absolute Gasteiger partial charge is 0.200 e. The number of hydrogen-bond acceptors (Lipinski definition) is 5. The standard InChI is InChI=1S/C20H22N6O/c1-25(2)9-3-8-23-14-5-6-15-19-18(14)20(27)17-12(10-21)13(22)4-7-16(17)26(19)11-24-15/h4-7,10-11,21,23H,3,8-9,22H2,1-2H3/p+1. The van der Waals surface area contributed by atoms with E-state index in [4.69, 9.17) is 11.1 Å². The topological polar surface area (TPSA) is 101 Å². The van der Waals surface area contributed by atoms with Crippen molar-refractivity contribution < 1.29 is 5.41 Å². The number of nitrogens with two attached hydrogens (primary N) is 2. The number of nitrogen functional groups attached to an aromatic ring is 1. The molecule has 4 rings (SSSR count). The minimum atomic E-state index is -0.0808. The van der Waals surface area contributed by atoms with Crippen molar-refractivity contribution in [3.63, 3.8) is 0 Å². The molecule has 0 saturated carbocycles. The summed E-state index contributed by atoms with van der Waals surface area (Å²) < 4.78 is 1.94. The number of fused-ring (bicyclic) bond motifs is 2. The highest BCUT2D eigenvalue weighted by molar-refractivity contribution is 6.11. The van der Waals surface area contributed by atoms with Crippen molar-refractivity contribution in [3.8, 4) is 0 Å². The van der Waals surface area contributed by atoms with E-state index in [9.17, 15) is 4.79 Å². The number of anilines is 2. The largest absolute Gasteiger partial charge is 0.398 e. The Labute approximate surface area is 156 Å². The summed E-state index contributed by atoms with van der Waals surface area (Å²) in [7, 11) is 4.09. The van der Waals surface area contributed by atoms with Gasteiger partial charge in [0, 0.05) is 17.9 Å². The Morgan fingerprint density at radius 2 is 2.07 bits per heavy atom. The fraction of sp³-hybridized carbons (Fsp3) is 0.250. The lowest BCUT2D eigenvalue weighted by molar-refractivity contribution is -0.104. The van der Waals surface area contributed by atoms with E-state index in [-0.39, 0.29) is 5.43 Å². The highest BCUT2D eigenvalue weighted by atomic mass is 16.1. The Morgan fingerprint density at radius 3 is 2.81 bits per heavy atom. The van der Waals surface area contributed by atoms with E-state index in [0.717, 1.165) is 41.7 Å². The average molecular weight is 363 g/mol. The molecule has 7 nitrogen and oxygen atoms in total. The molecule has 138 valence electrons. The lowest BCUT2D eigenvalue weighted by Gasteiger charge is -2.14. The number of imidazole rings is 1. The van der Waals surface area contributed by atoms with Gasteiger partial charge in [0.2, 0.25) is 0 Å². The van der Waals surface area contributed by atoms with Crippen molar-refractivity contribution in [2.24, 2.45) is 0 Å². The van der Waals surface area contributed by atoms with Gasteiger partial charge in [0.1, 0.15) is 6.33 Å². The van der Waals surface area contributed by atoms with Crippen molar-refractivity contribution in [1.29, 1.82) is 0 Å². The molecule has 5 N–H and O–H groups in total. The number of nitrogens with zero attached hydrogens (tertiary/aromatic N) is 3. The first kappa shape index (κ1) is 17.2. The van der Waals surface area contributed by atoms with Crippen LogP contribution in [0.15, 0.2) is 35.4 Å². The summed E-state index contributed by atoms with van der Waals surface area (Å²) in [6.07, 6.45) is 4.12. The minimum Gasteiger partial charge on any atom is -0.398 e. The molecule has 0 aliphatic heterocycles. The van der Waals surface area contributed by atoms with Crippen molar-refractivity contribution in [3.05, 3.63) is 46.4 Å². The molecule has 4 aromatic rings. The van der Waals surface area contributed by atoms with Gasteiger partial charge in [-0.05, 0) is 51.3 Å². The molecule has 7 heteroatoms. The van der Waals surface area contributed by atoms with Crippen molar-refractivity contribution in [2.45, 2.75) is 6.42 Å². The predicted octanol–water partition coefficient (Wildman–Crippen LogP) is 0.563. The molecule has 0 unspecified atom stereocenters. The number of pyridine rings is 1. The Morgan fingerprint density at radius 1 is 1.26 bits per heavy atom. The molecule has 0 amide bonds. The highest BCUT2D eigenvalue weighted by Crippen LogP contribution is 2.30. The fourth-order valence-electron chi connectivity index (χ4n) is 3.65. The minimum absolute atomic E-state index is 0.0808. The van der Waals surface area contributed by atoms with Crippen molar-refractivity contribution in [1.82, 2.24) is 14.3 Å². The fourth-order valence-corrected chi connectivity index (χ4v) is 3.65. The lowest BCUT2D eigenvalue weighted by atomic mass is 10.0. The summed E-state index contributed by atoms with van der Waals surface area (Å²) in [6.45, 7) is 1.75. The van der Waals surface area contributed by atoms with Gasteiger partial charge in [0.15, 0.2) is 11.6 Å². The van der Waals surface area contributed by atoms with Gasteiger partial charge in [-0.2, -0.15) is 0 Å². The van der Waals surface area contributed by atoms with Crippen LogP contribution < -0.4 is 21.9 Å².